The van der Waals surface area contributed by atoms with E-state index in [1.807, 2.05) is 0 Å². The summed E-state index contributed by atoms with van der Waals surface area (Å²) in [5, 5.41) is 6.44. The van der Waals surface area contributed by atoms with E-state index < -0.39 is 0 Å². The molecule has 1 heterocycles. The average Bonchev–Trinajstić information content (AvgIpc) is 2.28. The van der Waals surface area contributed by atoms with Gasteiger partial charge in [-0.25, -0.2) is 0 Å². The van der Waals surface area contributed by atoms with Crippen LogP contribution >= 0.6 is 0 Å². The molecule has 1 saturated heterocycles. The van der Waals surface area contributed by atoms with Crippen LogP contribution < -0.4 is 10.6 Å². The third kappa shape index (κ3) is 5.02. The first-order valence-corrected chi connectivity index (χ1v) is 5.96. The van der Waals surface area contributed by atoms with Crippen molar-refractivity contribution in [3.63, 3.8) is 0 Å². The van der Waals surface area contributed by atoms with Gasteiger partial charge in [0.2, 0.25) is 0 Å². The van der Waals surface area contributed by atoms with Crippen LogP contribution in [0.2, 0.25) is 0 Å². The first kappa shape index (κ1) is 12.3. The van der Waals surface area contributed by atoms with E-state index in [1.54, 1.807) is 0 Å². The predicted molar refractivity (Wildman–Crippen MR) is 63.2 cm³/mol. The van der Waals surface area contributed by atoms with E-state index in [2.05, 4.69) is 29.5 Å². The number of guanidine groups is 1. The Morgan fingerprint density at radius 1 is 1.33 bits per heavy atom. The number of ether oxygens (including phenoxy) is 1. The summed E-state index contributed by atoms with van der Waals surface area (Å²) in [4.78, 5) is 4.54. The highest BCUT2D eigenvalue weighted by molar-refractivity contribution is 5.79. The molecule has 0 aromatic rings. The highest BCUT2D eigenvalue weighted by Crippen LogP contribution is 2.13. The zero-order chi connectivity index (χ0) is 10.9. The van der Waals surface area contributed by atoms with Gasteiger partial charge in [0.05, 0.1) is 6.61 Å². The molecule has 0 radical (unpaired) electrons. The summed E-state index contributed by atoms with van der Waals surface area (Å²) < 4.78 is 5.42. The van der Waals surface area contributed by atoms with Crippen molar-refractivity contribution in [3.8, 4) is 0 Å². The number of nitrogens with zero attached hydrogens (tertiary/aromatic N) is 1. The second-order valence-corrected chi connectivity index (χ2v) is 3.83. The molecule has 0 saturated carbocycles. The molecule has 1 unspecified atom stereocenters. The van der Waals surface area contributed by atoms with Crippen LogP contribution in [-0.2, 0) is 4.74 Å². The Morgan fingerprint density at radius 2 is 2.07 bits per heavy atom. The van der Waals surface area contributed by atoms with Gasteiger partial charge in [-0.2, -0.15) is 0 Å². The van der Waals surface area contributed by atoms with Gasteiger partial charge in [-0.3, -0.25) is 4.99 Å². The summed E-state index contributed by atoms with van der Waals surface area (Å²) in [5.41, 5.74) is 0. The van der Waals surface area contributed by atoms with Gasteiger partial charge in [-0.05, 0) is 26.7 Å². The fraction of sp³-hybridized carbons (Fsp3) is 0.909. The maximum atomic E-state index is 5.42. The van der Waals surface area contributed by atoms with Crippen LogP contribution in [0.25, 0.3) is 0 Å². The molecular formula is C11H23N3O. The Balaban J connectivity index is 2.30. The van der Waals surface area contributed by atoms with Gasteiger partial charge in [0.1, 0.15) is 0 Å². The van der Waals surface area contributed by atoms with Crippen LogP contribution in [0, 0.1) is 5.92 Å². The van der Waals surface area contributed by atoms with Crippen molar-refractivity contribution in [3.05, 3.63) is 0 Å². The molecule has 0 bridgehead atoms. The van der Waals surface area contributed by atoms with Crippen molar-refractivity contribution < 1.29 is 4.74 Å². The fourth-order valence-corrected chi connectivity index (χ4v) is 1.68. The van der Waals surface area contributed by atoms with Gasteiger partial charge in [0, 0.05) is 32.2 Å². The third-order valence-corrected chi connectivity index (χ3v) is 2.45. The first-order valence-electron chi connectivity index (χ1n) is 5.96. The molecule has 1 atom stereocenters. The van der Waals surface area contributed by atoms with Crippen molar-refractivity contribution in [2.24, 2.45) is 10.9 Å². The molecule has 2 N–H and O–H groups in total. The maximum absolute atomic E-state index is 5.42. The summed E-state index contributed by atoms with van der Waals surface area (Å²) in [5.74, 6) is 1.52. The Morgan fingerprint density at radius 3 is 2.60 bits per heavy atom. The SMILES string of the molecule is CCNC(=NCC1CCCOC1)NCC. The molecule has 1 aliphatic heterocycles. The number of rotatable bonds is 4. The van der Waals surface area contributed by atoms with E-state index in [1.165, 1.54) is 12.8 Å². The molecule has 1 rings (SSSR count). The number of hydrogen-bond acceptors (Lipinski definition) is 2. The highest BCUT2D eigenvalue weighted by Gasteiger charge is 2.13. The Labute approximate surface area is 92.5 Å². The molecule has 1 fully saturated rings. The molecular weight excluding hydrogens is 190 g/mol. The van der Waals surface area contributed by atoms with Crippen LogP contribution in [0.5, 0.6) is 0 Å². The molecule has 0 amide bonds. The van der Waals surface area contributed by atoms with Crippen molar-refractivity contribution in [1.82, 2.24) is 10.6 Å². The minimum Gasteiger partial charge on any atom is -0.381 e. The lowest BCUT2D eigenvalue weighted by molar-refractivity contribution is 0.0582. The average molecular weight is 213 g/mol. The van der Waals surface area contributed by atoms with E-state index in [4.69, 9.17) is 4.74 Å². The summed E-state index contributed by atoms with van der Waals surface area (Å²) in [6.07, 6.45) is 2.42. The lowest BCUT2D eigenvalue weighted by Crippen LogP contribution is -2.37. The molecule has 0 aromatic carbocycles. The summed E-state index contributed by atoms with van der Waals surface area (Å²) in [6, 6.07) is 0. The zero-order valence-electron chi connectivity index (χ0n) is 9.88. The van der Waals surface area contributed by atoms with E-state index in [0.717, 1.165) is 38.8 Å². The van der Waals surface area contributed by atoms with Crippen LogP contribution in [0.4, 0.5) is 0 Å². The van der Waals surface area contributed by atoms with Crippen molar-refractivity contribution in [2.45, 2.75) is 26.7 Å². The van der Waals surface area contributed by atoms with E-state index in [-0.39, 0.29) is 0 Å². The molecule has 0 aliphatic carbocycles. The minimum absolute atomic E-state index is 0.603. The molecule has 0 aromatic heterocycles. The molecule has 4 nitrogen and oxygen atoms in total. The summed E-state index contributed by atoms with van der Waals surface area (Å²) in [7, 11) is 0. The smallest absolute Gasteiger partial charge is 0.191 e. The monoisotopic (exact) mass is 213 g/mol. The van der Waals surface area contributed by atoms with Crippen LogP contribution in [0.15, 0.2) is 4.99 Å². The van der Waals surface area contributed by atoms with Gasteiger partial charge in [0.25, 0.3) is 0 Å². The zero-order valence-corrected chi connectivity index (χ0v) is 9.88. The van der Waals surface area contributed by atoms with Gasteiger partial charge >= 0.3 is 0 Å². The lowest BCUT2D eigenvalue weighted by atomic mass is 10.0. The van der Waals surface area contributed by atoms with Gasteiger partial charge in [-0.1, -0.05) is 0 Å². The second-order valence-electron chi connectivity index (χ2n) is 3.83. The van der Waals surface area contributed by atoms with Crippen molar-refractivity contribution in [1.29, 1.82) is 0 Å². The van der Waals surface area contributed by atoms with Crippen LogP contribution in [0.1, 0.15) is 26.7 Å². The van der Waals surface area contributed by atoms with E-state index in [0.29, 0.717) is 5.92 Å². The van der Waals surface area contributed by atoms with Crippen molar-refractivity contribution in [2.75, 3.05) is 32.8 Å². The fourth-order valence-electron chi connectivity index (χ4n) is 1.68. The topological polar surface area (TPSA) is 45.7 Å². The number of hydrogen-bond donors (Lipinski definition) is 2. The molecule has 88 valence electrons. The van der Waals surface area contributed by atoms with E-state index in [9.17, 15) is 0 Å². The first-order chi connectivity index (χ1) is 7.36. The van der Waals surface area contributed by atoms with Crippen LogP contribution in [-0.4, -0.2) is 38.8 Å². The standard InChI is InChI=1S/C11H23N3O/c1-3-12-11(13-4-2)14-8-10-6-5-7-15-9-10/h10H,3-9H2,1-2H3,(H2,12,13,14). The summed E-state index contributed by atoms with van der Waals surface area (Å²) >= 11 is 0. The molecule has 15 heavy (non-hydrogen) atoms. The highest BCUT2D eigenvalue weighted by atomic mass is 16.5. The molecule has 1 aliphatic rings. The summed E-state index contributed by atoms with van der Waals surface area (Å²) in [6.45, 7) is 8.64. The number of nitrogens with one attached hydrogen (secondary N) is 2. The molecule has 0 spiro atoms. The van der Waals surface area contributed by atoms with Gasteiger partial charge in [0.15, 0.2) is 5.96 Å². The minimum atomic E-state index is 0.603. The Kier molecular flexibility index (Phi) is 6.16. The lowest BCUT2D eigenvalue weighted by Gasteiger charge is -2.20. The van der Waals surface area contributed by atoms with Crippen molar-refractivity contribution >= 4 is 5.96 Å². The Hall–Kier alpha value is -0.770. The van der Waals surface area contributed by atoms with Crippen LogP contribution in [0.3, 0.4) is 0 Å². The normalized spacial score (nSPS) is 20.8. The van der Waals surface area contributed by atoms with Gasteiger partial charge < -0.3 is 15.4 Å². The second kappa shape index (κ2) is 7.51. The third-order valence-electron chi connectivity index (χ3n) is 2.45. The largest absolute Gasteiger partial charge is 0.381 e. The predicted octanol–water partition coefficient (Wildman–Crippen LogP) is 0.988. The van der Waals surface area contributed by atoms with E-state index >= 15 is 0 Å². The quantitative estimate of drug-likeness (QED) is 0.541. The number of aliphatic imine (C=N–C) groups is 1. The van der Waals surface area contributed by atoms with Gasteiger partial charge in [-0.15, -0.1) is 0 Å². The Bertz CT molecular complexity index is 180. The molecule has 4 heteroatoms. The maximum Gasteiger partial charge on any atom is 0.191 e.